The minimum Gasteiger partial charge on any atom is -0.493 e. The Labute approximate surface area is 120 Å². The number of rotatable bonds is 6. The molecule has 0 aromatic heterocycles. The highest BCUT2D eigenvalue weighted by Crippen LogP contribution is 2.20. The minimum atomic E-state index is 0.104. The van der Waals surface area contributed by atoms with Crippen molar-refractivity contribution in [3.63, 3.8) is 0 Å². The van der Waals surface area contributed by atoms with Crippen LogP contribution in [-0.2, 0) is 0 Å². The van der Waals surface area contributed by atoms with Crippen LogP contribution in [0.5, 0.6) is 5.75 Å². The summed E-state index contributed by atoms with van der Waals surface area (Å²) >= 11 is 0. The summed E-state index contributed by atoms with van der Waals surface area (Å²) in [7, 11) is 0. The Bertz CT molecular complexity index is 468. The lowest BCUT2D eigenvalue weighted by molar-refractivity contribution is 0.262. The monoisotopic (exact) mass is 277 g/mol. The lowest BCUT2D eigenvalue weighted by Crippen LogP contribution is -2.22. The second-order valence-corrected chi connectivity index (χ2v) is 5.22. The van der Waals surface area contributed by atoms with E-state index < -0.39 is 0 Å². The van der Waals surface area contributed by atoms with Crippen molar-refractivity contribution in [2.75, 3.05) is 26.2 Å². The predicted octanol–water partition coefficient (Wildman–Crippen LogP) is 1.95. The van der Waals surface area contributed by atoms with E-state index in [1.807, 2.05) is 25.1 Å². The van der Waals surface area contributed by atoms with Crippen molar-refractivity contribution in [3.8, 4) is 5.75 Å². The number of aryl methyl sites for hydroxylation is 1. The van der Waals surface area contributed by atoms with Gasteiger partial charge in [-0.3, -0.25) is 0 Å². The van der Waals surface area contributed by atoms with E-state index in [9.17, 15) is 0 Å². The molecule has 0 amide bonds. The van der Waals surface area contributed by atoms with Crippen LogP contribution in [0.1, 0.15) is 30.4 Å². The van der Waals surface area contributed by atoms with E-state index in [0.717, 1.165) is 24.3 Å². The first-order valence-electron chi connectivity index (χ1n) is 7.14. The molecule has 1 heterocycles. The van der Waals surface area contributed by atoms with Crippen LogP contribution in [0.4, 0.5) is 0 Å². The molecule has 1 aromatic carbocycles. The second kappa shape index (κ2) is 7.14. The first-order chi connectivity index (χ1) is 9.70. The molecule has 1 aliphatic rings. The van der Waals surface area contributed by atoms with Gasteiger partial charge in [-0.05, 0) is 50.9 Å². The molecule has 1 saturated heterocycles. The highest BCUT2D eigenvalue weighted by Gasteiger charge is 2.10. The molecule has 2 rings (SSSR count). The van der Waals surface area contributed by atoms with Crippen LogP contribution >= 0.6 is 0 Å². The average molecular weight is 277 g/mol. The molecule has 3 N–H and O–H groups in total. The van der Waals surface area contributed by atoms with Gasteiger partial charge in [0.15, 0.2) is 5.84 Å². The molecule has 1 fully saturated rings. The standard InChI is InChI=1S/C15H23N3O2/c1-12-5-6-13(15(16)17-19)11-14(12)20-10-4-9-18-7-2-3-8-18/h5-6,11,19H,2-4,7-10H2,1H3,(H2,16,17). The fourth-order valence-electron chi connectivity index (χ4n) is 2.45. The Morgan fingerprint density at radius 2 is 2.15 bits per heavy atom. The Morgan fingerprint density at radius 3 is 2.85 bits per heavy atom. The Balaban J connectivity index is 1.85. The van der Waals surface area contributed by atoms with E-state index >= 15 is 0 Å². The van der Waals surface area contributed by atoms with Crippen molar-refractivity contribution in [2.24, 2.45) is 10.9 Å². The lowest BCUT2D eigenvalue weighted by Gasteiger charge is -2.15. The molecular formula is C15H23N3O2. The maximum absolute atomic E-state index is 8.70. The quantitative estimate of drug-likeness (QED) is 0.274. The summed E-state index contributed by atoms with van der Waals surface area (Å²) in [6, 6.07) is 5.56. The summed E-state index contributed by atoms with van der Waals surface area (Å²) in [5.74, 6) is 0.905. The molecule has 20 heavy (non-hydrogen) atoms. The van der Waals surface area contributed by atoms with Crippen molar-refractivity contribution in [2.45, 2.75) is 26.2 Å². The van der Waals surface area contributed by atoms with Crippen LogP contribution in [0.3, 0.4) is 0 Å². The van der Waals surface area contributed by atoms with Crippen molar-refractivity contribution in [3.05, 3.63) is 29.3 Å². The van der Waals surface area contributed by atoms with Gasteiger partial charge < -0.3 is 20.6 Å². The summed E-state index contributed by atoms with van der Waals surface area (Å²) in [4.78, 5) is 2.48. The van der Waals surface area contributed by atoms with E-state index in [1.165, 1.54) is 25.9 Å². The lowest BCUT2D eigenvalue weighted by atomic mass is 10.1. The molecule has 0 spiro atoms. The third-order valence-electron chi connectivity index (χ3n) is 3.67. The van der Waals surface area contributed by atoms with Crippen LogP contribution < -0.4 is 10.5 Å². The normalized spacial score (nSPS) is 16.6. The summed E-state index contributed by atoms with van der Waals surface area (Å²) in [5, 5.41) is 11.7. The van der Waals surface area contributed by atoms with Crippen LogP contribution in [0.25, 0.3) is 0 Å². The van der Waals surface area contributed by atoms with Gasteiger partial charge in [0.2, 0.25) is 0 Å². The van der Waals surface area contributed by atoms with Crippen molar-refractivity contribution >= 4 is 5.84 Å². The average Bonchev–Trinajstić information content (AvgIpc) is 2.97. The van der Waals surface area contributed by atoms with Crippen LogP contribution in [0, 0.1) is 6.92 Å². The molecular weight excluding hydrogens is 254 g/mol. The summed E-state index contributed by atoms with van der Waals surface area (Å²) in [6.07, 6.45) is 3.66. The molecule has 0 aliphatic carbocycles. The van der Waals surface area contributed by atoms with Gasteiger partial charge >= 0.3 is 0 Å². The van der Waals surface area contributed by atoms with E-state index in [1.54, 1.807) is 0 Å². The molecule has 0 bridgehead atoms. The Kier molecular flexibility index (Phi) is 5.24. The number of oxime groups is 1. The van der Waals surface area contributed by atoms with E-state index in [-0.39, 0.29) is 5.84 Å². The smallest absolute Gasteiger partial charge is 0.170 e. The summed E-state index contributed by atoms with van der Waals surface area (Å²) in [5.41, 5.74) is 7.32. The number of nitrogens with zero attached hydrogens (tertiary/aromatic N) is 2. The zero-order valence-corrected chi connectivity index (χ0v) is 12.0. The van der Waals surface area contributed by atoms with Gasteiger partial charge in [0.1, 0.15) is 5.75 Å². The molecule has 0 atom stereocenters. The van der Waals surface area contributed by atoms with Gasteiger partial charge in [0, 0.05) is 12.1 Å². The van der Waals surface area contributed by atoms with Gasteiger partial charge in [-0.1, -0.05) is 17.3 Å². The maximum atomic E-state index is 8.70. The minimum absolute atomic E-state index is 0.104. The van der Waals surface area contributed by atoms with E-state index in [2.05, 4.69) is 10.1 Å². The molecule has 0 saturated carbocycles. The van der Waals surface area contributed by atoms with E-state index in [0.29, 0.717) is 12.2 Å². The molecule has 110 valence electrons. The van der Waals surface area contributed by atoms with E-state index in [4.69, 9.17) is 15.7 Å². The van der Waals surface area contributed by atoms with Crippen LogP contribution in [0.2, 0.25) is 0 Å². The number of ether oxygens (including phenoxy) is 1. The molecule has 1 aromatic rings. The highest BCUT2D eigenvalue weighted by atomic mass is 16.5. The maximum Gasteiger partial charge on any atom is 0.170 e. The fourth-order valence-corrected chi connectivity index (χ4v) is 2.45. The number of hydrogen-bond donors (Lipinski definition) is 2. The van der Waals surface area contributed by atoms with Gasteiger partial charge in [0.25, 0.3) is 0 Å². The summed E-state index contributed by atoms with van der Waals surface area (Å²) < 4.78 is 5.81. The third kappa shape index (κ3) is 3.87. The summed E-state index contributed by atoms with van der Waals surface area (Å²) in [6.45, 7) is 6.22. The van der Waals surface area contributed by atoms with Crippen molar-refractivity contribution < 1.29 is 9.94 Å². The Morgan fingerprint density at radius 1 is 1.40 bits per heavy atom. The number of benzene rings is 1. The number of amidine groups is 1. The predicted molar refractivity (Wildman–Crippen MR) is 79.5 cm³/mol. The van der Waals surface area contributed by atoms with Gasteiger partial charge in [-0.15, -0.1) is 0 Å². The first-order valence-corrected chi connectivity index (χ1v) is 7.14. The molecule has 0 radical (unpaired) electrons. The number of likely N-dealkylation sites (tertiary alicyclic amines) is 1. The number of nitrogens with two attached hydrogens (primary N) is 1. The molecule has 1 aliphatic heterocycles. The zero-order chi connectivity index (χ0) is 14.4. The zero-order valence-electron chi connectivity index (χ0n) is 12.0. The fraction of sp³-hybridized carbons (Fsp3) is 0.533. The van der Waals surface area contributed by atoms with Crippen LogP contribution in [0.15, 0.2) is 23.4 Å². The Hall–Kier alpha value is -1.75. The SMILES string of the molecule is Cc1ccc(/C(N)=N/O)cc1OCCCN1CCCC1. The topological polar surface area (TPSA) is 71.1 Å². The van der Waals surface area contributed by atoms with Gasteiger partial charge in [-0.2, -0.15) is 0 Å². The molecule has 5 nitrogen and oxygen atoms in total. The van der Waals surface area contributed by atoms with Crippen molar-refractivity contribution in [1.82, 2.24) is 4.90 Å². The van der Waals surface area contributed by atoms with Crippen molar-refractivity contribution in [1.29, 1.82) is 0 Å². The third-order valence-corrected chi connectivity index (χ3v) is 3.67. The molecule has 5 heteroatoms. The highest BCUT2D eigenvalue weighted by molar-refractivity contribution is 5.97. The van der Waals surface area contributed by atoms with Gasteiger partial charge in [0.05, 0.1) is 6.61 Å². The second-order valence-electron chi connectivity index (χ2n) is 5.22. The molecule has 0 unspecified atom stereocenters. The van der Waals surface area contributed by atoms with Crippen LogP contribution in [-0.4, -0.2) is 42.2 Å². The number of hydrogen-bond acceptors (Lipinski definition) is 4. The first kappa shape index (κ1) is 14.7. The largest absolute Gasteiger partial charge is 0.493 e. The van der Waals surface area contributed by atoms with Gasteiger partial charge in [-0.25, -0.2) is 0 Å².